The van der Waals surface area contributed by atoms with E-state index in [9.17, 15) is 8.42 Å². The normalized spacial score (nSPS) is 17.4. The topological polar surface area (TPSA) is 55.9 Å². The Balaban J connectivity index is 2.02. The maximum Gasteiger partial charge on any atom is 0.206 e. The number of epoxide rings is 1. The summed E-state index contributed by atoms with van der Waals surface area (Å²) in [5.74, 6) is 0.670. The first-order valence-electron chi connectivity index (χ1n) is 8.38. The van der Waals surface area contributed by atoms with E-state index >= 15 is 0 Å². The molecule has 1 aliphatic rings. The van der Waals surface area contributed by atoms with Crippen LogP contribution in [0.4, 0.5) is 0 Å². The van der Waals surface area contributed by atoms with E-state index in [1.807, 2.05) is 45.9 Å². The lowest BCUT2D eigenvalue weighted by atomic mass is 9.87. The zero-order valence-corrected chi connectivity index (χ0v) is 15.9. The van der Waals surface area contributed by atoms with Gasteiger partial charge in [-0.1, -0.05) is 38.5 Å². The molecule has 0 spiro atoms. The summed E-state index contributed by atoms with van der Waals surface area (Å²) >= 11 is 0. The Morgan fingerprint density at radius 1 is 1.12 bits per heavy atom. The van der Waals surface area contributed by atoms with Crippen LogP contribution in [0.3, 0.4) is 0 Å². The van der Waals surface area contributed by atoms with Gasteiger partial charge in [0, 0.05) is 0 Å². The highest BCUT2D eigenvalue weighted by molar-refractivity contribution is 7.91. The van der Waals surface area contributed by atoms with E-state index in [4.69, 9.17) is 9.47 Å². The summed E-state index contributed by atoms with van der Waals surface area (Å²) in [6, 6.07) is 12.2. The van der Waals surface area contributed by atoms with Gasteiger partial charge >= 0.3 is 0 Å². The van der Waals surface area contributed by atoms with Crippen molar-refractivity contribution in [2.45, 2.75) is 49.0 Å². The minimum atomic E-state index is -3.59. The van der Waals surface area contributed by atoms with E-state index in [1.165, 1.54) is 0 Å². The van der Waals surface area contributed by atoms with Crippen molar-refractivity contribution in [2.75, 3.05) is 13.2 Å². The predicted molar refractivity (Wildman–Crippen MR) is 97.0 cm³/mol. The van der Waals surface area contributed by atoms with Crippen molar-refractivity contribution in [3.05, 3.63) is 53.6 Å². The molecule has 0 aromatic heterocycles. The number of hydrogen-bond donors (Lipinski definition) is 0. The van der Waals surface area contributed by atoms with Crippen molar-refractivity contribution in [1.82, 2.24) is 0 Å². The largest absolute Gasteiger partial charge is 0.491 e. The van der Waals surface area contributed by atoms with Crippen molar-refractivity contribution < 1.29 is 17.9 Å². The average Bonchev–Trinajstić information content (AvgIpc) is 3.36. The maximum atomic E-state index is 13.1. The Labute approximate surface area is 149 Å². The molecule has 134 valence electrons. The number of benzene rings is 2. The molecule has 1 fully saturated rings. The van der Waals surface area contributed by atoms with Gasteiger partial charge in [0.05, 0.1) is 16.4 Å². The van der Waals surface area contributed by atoms with Gasteiger partial charge in [0.2, 0.25) is 9.84 Å². The molecule has 25 heavy (non-hydrogen) atoms. The van der Waals surface area contributed by atoms with Crippen LogP contribution in [-0.4, -0.2) is 27.7 Å². The van der Waals surface area contributed by atoms with Gasteiger partial charge in [-0.2, -0.15) is 0 Å². The molecule has 1 aliphatic heterocycles. The van der Waals surface area contributed by atoms with Crippen LogP contribution in [0.2, 0.25) is 0 Å². The highest BCUT2D eigenvalue weighted by Crippen LogP contribution is 2.35. The van der Waals surface area contributed by atoms with Crippen LogP contribution < -0.4 is 4.74 Å². The molecule has 3 rings (SSSR count). The molecular weight excluding hydrogens is 336 g/mol. The number of aryl methyl sites for hydroxylation is 1. The number of sulfone groups is 1. The molecule has 0 amide bonds. The molecule has 2 aromatic carbocycles. The Kier molecular flexibility index (Phi) is 4.64. The molecule has 0 N–H and O–H groups in total. The molecule has 0 aliphatic carbocycles. The molecule has 0 bridgehead atoms. The van der Waals surface area contributed by atoms with Gasteiger partial charge in [-0.3, -0.25) is 0 Å². The van der Waals surface area contributed by atoms with E-state index in [0.717, 1.165) is 17.7 Å². The lowest BCUT2D eigenvalue weighted by Gasteiger charge is -2.24. The van der Waals surface area contributed by atoms with Crippen LogP contribution in [-0.2, 0) is 20.0 Å². The summed E-state index contributed by atoms with van der Waals surface area (Å²) in [5, 5.41) is 0. The van der Waals surface area contributed by atoms with Gasteiger partial charge in [-0.25, -0.2) is 8.42 Å². The van der Waals surface area contributed by atoms with Gasteiger partial charge in [0.15, 0.2) is 0 Å². The summed E-state index contributed by atoms with van der Waals surface area (Å²) in [4.78, 5) is 0.641. The first-order chi connectivity index (χ1) is 11.7. The fourth-order valence-corrected chi connectivity index (χ4v) is 4.27. The minimum absolute atomic E-state index is 0.161. The summed E-state index contributed by atoms with van der Waals surface area (Å²) in [6.07, 6.45) is 0.161. The average molecular weight is 360 g/mol. The van der Waals surface area contributed by atoms with Gasteiger partial charge in [0.1, 0.15) is 18.5 Å². The molecule has 1 unspecified atom stereocenters. The third kappa shape index (κ3) is 4.05. The first kappa shape index (κ1) is 18.0. The highest BCUT2D eigenvalue weighted by Gasteiger charge is 2.28. The molecule has 1 atom stereocenters. The second-order valence-corrected chi connectivity index (χ2v) is 9.41. The van der Waals surface area contributed by atoms with Crippen LogP contribution in [0.15, 0.2) is 52.3 Å². The zero-order valence-electron chi connectivity index (χ0n) is 15.1. The SMILES string of the molecule is Cc1ccc(S(=O)(=O)c2ccc(OCC3CO3)cc2C(C)(C)C)cc1. The van der Waals surface area contributed by atoms with Crippen molar-refractivity contribution in [1.29, 1.82) is 0 Å². The zero-order chi connectivity index (χ0) is 18.2. The minimum Gasteiger partial charge on any atom is -0.491 e. The lowest BCUT2D eigenvalue weighted by molar-refractivity contribution is 0.262. The van der Waals surface area contributed by atoms with Crippen LogP contribution in [0.1, 0.15) is 31.9 Å². The smallest absolute Gasteiger partial charge is 0.206 e. The van der Waals surface area contributed by atoms with Crippen molar-refractivity contribution in [2.24, 2.45) is 0 Å². The summed E-state index contributed by atoms with van der Waals surface area (Å²) in [7, 11) is -3.59. The molecule has 0 radical (unpaired) electrons. The Morgan fingerprint density at radius 3 is 2.32 bits per heavy atom. The molecule has 4 nitrogen and oxygen atoms in total. The standard InChI is InChI=1S/C20H24O4S/c1-14-5-8-17(9-6-14)25(21,22)19-10-7-15(23-12-16-13-24-16)11-18(19)20(2,3)4/h5-11,16H,12-13H2,1-4H3. The van der Waals surface area contributed by atoms with E-state index in [1.54, 1.807) is 24.3 Å². The molecule has 1 saturated heterocycles. The molecule has 5 heteroatoms. The van der Waals surface area contributed by atoms with E-state index in [2.05, 4.69) is 0 Å². The van der Waals surface area contributed by atoms with E-state index < -0.39 is 9.84 Å². The fraction of sp³-hybridized carbons (Fsp3) is 0.400. The monoisotopic (exact) mass is 360 g/mol. The molecule has 0 saturated carbocycles. The quantitative estimate of drug-likeness (QED) is 0.759. The maximum absolute atomic E-state index is 13.1. The van der Waals surface area contributed by atoms with Crippen LogP contribution in [0.25, 0.3) is 0 Å². The highest BCUT2D eigenvalue weighted by atomic mass is 32.2. The van der Waals surface area contributed by atoms with Gasteiger partial charge in [0.25, 0.3) is 0 Å². The third-order valence-corrected chi connectivity index (χ3v) is 6.05. The van der Waals surface area contributed by atoms with Crippen LogP contribution in [0.5, 0.6) is 5.75 Å². The lowest BCUT2D eigenvalue weighted by Crippen LogP contribution is -2.18. The van der Waals surface area contributed by atoms with Gasteiger partial charge < -0.3 is 9.47 Å². The number of rotatable bonds is 5. The summed E-state index contributed by atoms with van der Waals surface area (Å²) in [5.41, 5.74) is 1.45. The summed E-state index contributed by atoms with van der Waals surface area (Å²) in [6.45, 7) is 9.17. The second kappa shape index (κ2) is 6.46. The molecule has 1 heterocycles. The van der Waals surface area contributed by atoms with Crippen LogP contribution >= 0.6 is 0 Å². The Bertz CT molecular complexity index is 858. The Hall–Kier alpha value is -1.85. The van der Waals surface area contributed by atoms with Crippen molar-refractivity contribution >= 4 is 9.84 Å². The van der Waals surface area contributed by atoms with Gasteiger partial charge in [-0.15, -0.1) is 0 Å². The Morgan fingerprint density at radius 2 is 1.76 bits per heavy atom. The predicted octanol–water partition coefficient (Wildman–Crippen LogP) is 3.90. The molecular formula is C20H24O4S. The van der Waals surface area contributed by atoms with E-state index in [-0.39, 0.29) is 11.5 Å². The second-order valence-electron chi connectivity index (χ2n) is 7.49. The number of ether oxygens (including phenoxy) is 2. The van der Waals surface area contributed by atoms with E-state index in [0.29, 0.717) is 22.1 Å². The van der Waals surface area contributed by atoms with Crippen molar-refractivity contribution in [3.8, 4) is 5.75 Å². The first-order valence-corrected chi connectivity index (χ1v) is 9.87. The van der Waals surface area contributed by atoms with Gasteiger partial charge in [-0.05, 0) is 48.2 Å². The fourth-order valence-electron chi connectivity index (χ4n) is 2.62. The third-order valence-electron chi connectivity index (χ3n) is 4.22. The van der Waals surface area contributed by atoms with Crippen LogP contribution in [0, 0.1) is 6.92 Å². The molecule has 2 aromatic rings. The number of hydrogen-bond acceptors (Lipinski definition) is 4. The summed E-state index contributed by atoms with van der Waals surface area (Å²) < 4.78 is 37.2. The van der Waals surface area contributed by atoms with Crippen molar-refractivity contribution in [3.63, 3.8) is 0 Å².